The largest absolute Gasteiger partial charge is 0.500 e. The zero-order valence-electron chi connectivity index (χ0n) is 4.41. The standard InChI is InChI=1S/C4H4BBrO2S/c6-3-1-2-9-4(3)5(7)8/h1-2,7-8H. The van der Waals surface area contributed by atoms with E-state index in [2.05, 4.69) is 15.9 Å². The van der Waals surface area contributed by atoms with E-state index in [4.69, 9.17) is 10.0 Å². The molecule has 0 atom stereocenters. The van der Waals surface area contributed by atoms with Gasteiger partial charge in [0.2, 0.25) is 0 Å². The lowest BCUT2D eigenvalue weighted by atomic mass is 9.90. The third kappa shape index (κ3) is 1.55. The van der Waals surface area contributed by atoms with Crippen molar-refractivity contribution in [1.82, 2.24) is 0 Å². The van der Waals surface area contributed by atoms with Crippen LogP contribution >= 0.6 is 27.3 Å². The number of hydrogen-bond acceptors (Lipinski definition) is 3. The van der Waals surface area contributed by atoms with Crippen LogP contribution in [0.1, 0.15) is 0 Å². The second-order valence-electron chi connectivity index (χ2n) is 1.51. The van der Waals surface area contributed by atoms with Gasteiger partial charge in [0.25, 0.3) is 0 Å². The molecule has 0 bridgehead atoms. The molecule has 1 rings (SSSR count). The van der Waals surface area contributed by atoms with Gasteiger partial charge < -0.3 is 10.0 Å². The molecule has 2 N–H and O–H groups in total. The molecule has 0 spiro atoms. The summed E-state index contributed by atoms with van der Waals surface area (Å²) in [5.41, 5.74) is 0. The molecule has 0 fully saturated rings. The lowest BCUT2D eigenvalue weighted by Crippen LogP contribution is -2.27. The van der Waals surface area contributed by atoms with E-state index < -0.39 is 7.12 Å². The van der Waals surface area contributed by atoms with Crippen LogP contribution in [0, 0.1) is 0 Å². The van der Waals surface area contributed by atoms with Crippen molar-refractivity contribution in [2.24, 2.45) is 0 Å². The van der Waals surface area contributed by atoms with E-state index in [1.807, 2.05) is 0 Å². The first kappa shape index (κ1) is 7.27. The number of thiophene rings is 1. The zero-order valence-corrected chi connectivity index (χ0v) is 6.82. The number of rotatable bonds is 1. The summed E-state index contributed by atoms with van der Waals surface area (Å²) in [6.45, 7) is 0. The fourth-order valence-corrected chi connectivity index (χ4v) is 1.94. The Kier molecular flexibility index (Phi) is 2.29. The first-order valence-corrected chi connectivity index (χ1v) is 3.98. The van der Waals surface area contributed by atoms with Crippen LogP contribution in [0.25, 0.3) is 0 Å². The minimum absolute atomic E-state index is 0.551. The third-order valence-corrected chi connectivity index (χ3v) is 2.79. The number of halogens is 1. The molecule has 0 aliphatic carbocycles. The van der Waals surface area contributed by atoms with Gasteiger partial charge in [0.15, 0.2) is 0 Å². The van der Waals surface area contributed by atoms with Gasteiger partial charge in [0, 0.05) is 9.25 Å². The second-order valence-corrected chi connectivity index (χ2v) is 3.31. The fourth-order valence-electron chi connectivity index (χ4n) is 0.490. The van der Waals surface area contributed by atoms with E-state index >= 15 is 0 Å². The molecule has 48 valence electrons. The summed E-state index contributed by atoms with van der Waals surface area (Å²) in [7, 11) is -1.35. The van der Waals surface area contributed by atoms with Crippen LogP contribution < -0.4 is 4.78 Å². The highest BCUT2D eigenvalue weighted by Crippen LogP contribution is 2.10. The van der Waals surface area contributed by atoms with Crippen molar-refractivity contribution in [3.05, 3.63) is 15.9 Å². The molecule has 0 saturated carbocycles. The van der Waals surface area contributed by atoms with E-state index in [0.29, 0.717) is 4.78 Å². The molecule has 0 saturated heterocycles. The summed E-state index contributed by atoms with van der Waals surface area (Å²) in [5, 5.41) is 19.0. The molecule has 9 heavy (non-hydrogen) atoms. The smallest absolute Gasteiger partial charge is 0.423 e. The van der Waals surface area contributed by atoms with Crippen LogP contribution in [-0.4, -0.2) is 17.2 Å². The van der Waals surface area contributed by atoms with Gasteiger partial charge in [-0.3, -0.25) is 0 Å². The van der Waals surface area contributed by atoms with Crippen LogP contribution in [0.5, 0.6) is 0 Å². The Morgan fingerprint density at radius 1 is 1.56 bits per heavy atom. The highest BCUT2D eigenvalue weighted by molar-refractivity contribution is 9.10. The van der Waals surface area contributed by atoms with Gasteiger partial charge in [-0.1, -0.05) is 15.9 Å². The van der Waals surface area contributed by atoms with Gasteiger partial charge in [-0.25, -0.2) is 0 Å². The molecule has 2 nitrogen and oxygen atoms in total. The lowest BCUT2D eigenvalue weighted by molar-refractivity contribution is 0.426. The van der Waals surface area contributed by atoms with Crippen LogP contribution in [0.2, 0.25) is 0 Å². The molecule has 0 unspecified atom stereocenters. The topological polar surface area (TPSA) is 40.5 Å². The maximum absolute atomic E-state index is 8.63. The predicted octanol–water partition coefficient (Wildman–Crippen LogP) is 0.190. The summed E-state index contributed by atoms with van der Waals surface area (Å²) in [6.07, 6.45) is 0. The predicted molar refractivity (Wildman–Crippen MR) is 41.8 cm³/mol. The van der Waals surface area contributed by atoms with E-state index in [1.165, 1.54) is 11.3 Å². The Balaban J connectivity index is 2.94. The quantitative estimate of drug-likeness (QED) is 0.645. The molecule has 5 heteroatoms. The van der Waals surface area contributed by atoms with Crippen molar-refractivity contribution in [2.75, 3.05) is 0 Å². The van der Waals surface area contributed by atoms with E-state index in [9.17, 15) is 0 Å². The highest BCUT2D eigenvalue weighted by atomic mass is 79.9. The SMILES string of the molecule is OB(O)c1sccc1Br. The molecule has 0 amide bonds. The van der Waals surface area contributed by atoms with Crippen molar-refractivity contribution in [3.63, 3.8) is 0 Å². The first-order chi connectivity index (χ1) is 4.22. The molecule has 0 radical (unpaired) electrons. The maximum atomic E-state index is 8.63. The zero-order chi connectivity index (χ0) is 6.85. The lowest BCUT2D eigenvalue weighted by Gasteiger charge is -1.91. The number of hydrogen-bond donors (Lipinski definition) is 2. The Hall–Kier alpha value is 0.165. The van der Waals surface area contributed by atoms with Gasteiger partial charge >= 0.3 is 7.12 Å². The van der Waals surface area contributed by atoms with Gasteiger partial charge in [-0.15, -0.1) is 0 Å². The Morgan fingerprint density at radius 2 is 2.22 bits per heavy atom. The molecule has 0 aromatic carbocycles. The summed E-state index contributed by atoms with van der Waals surface area (Å²) in [4.78, 5) is 0. The van der Waals surface area contributed by atoms with Crippen molar-refractivity contribution >= 4 is 39.2 Å². The van der Waals surface area contributed by atoms with Crippen LogP contribution in [0.3, 0.4) is 0 Å². The van der Waals surface area contributed by atoms with E-state index in [0.717, 1.165) is 4.47 Å². The van der Waals surface area contributed by atoms with Crippen LogP contribution in [-0.2, 0) is 0 Å². The molecular weight excluding hydrogens is 203 g/mol. The van der Waals surface area contributed by atoms with Crippen molar-refractivity contribution in [3.8, 4) is 0 Å². The van der Waals surface area contributed by atoms with Crippen molar-refractivity contribution in [2.45, 2.75) is 0 Å². The Morgan fingerprint density at radius 3 is 2.44 bits per heavy atom. The van der Waals surface area contributed by atoms with Crippen molar-refractivity contribution in [1.29, 1.82) is 0 Å². The molecular formula is C4H4BBrO2S. The maximum Gasteiger partial charge on any atom is 0.500 e. The fraction of sp³-hybridized carbons (Fsp3) is 0. The molecule has 1 aromatic rings. The van der Waals surface area contributed by atoms with Crippen molar-refractivity contribution < 1.29 is 10.0 Å². The average Bonchev–Trinajstić information content (AvgIpc) is 2.13. The molecule has 1 heterocycles. The average molecular weight is 207 g/mol. The third-order valence-electron chi connectivity index (χ3n) is 0.879. The second kappa shape index (κ2) is 2.83. The summed E-state index contributed by atoms with van der Waals surface area (Å²) >= 11 is 4.47. The van der Waals surface area contributed by atoms with E-state index in [1.54, 1.807) is 11.4 Å². The van der Waals surface area contributed by atoms with E-state index in [-0.39, 0.29) is 0 Å². The van der Waals surface area contributed by atoms with Crippen LogP contribution in [0.4, 0.5) is 0 Å². The minimum Gasteiger partial charge on any atom is -0.423 e. The van der Waals surface area contributed by atoms with Gasteiger partial charge in [0.05, 0.1) is 0 Å². The highest BCUT2D eigenvalue weighted by Gasteiger charge is 2.15. The molecule has 0 aliphatic rings. The summed E-state index contributed by atoms with van der Waals surface area (Å²) in [5.74, 6) is 0. The monoisotopic (exact) mass is 206 g/mol. The summed E-state index contributed by atoms with van der Waals surface area (Å²) < 4.78 is 1.30. The van der Waals surface area contributed by atoms with Gasteiger partial charge in [-0.05, 0) is 11.4 Å². The summed E-state index contributed by atoms with van der Waals surface area (Å²) in [6, 6.07) is 1.78. The molecule has 0 aliphatic heterocycles. The first-order valence-electron chi connectivity index (χ1n) is 2.31. The van der Waals surface area contributed by atoms with Gasteiger partial charge in [0.1, 0.15) is 0 Å². The Labute approximate surface area is 65.4 Å². The Bertz CT molecular complexity index is 200. The normalized spacial score (nSPS) is 9.67. The van der Waals surface area contributed by atoms with Crippen LogP contribution in [0.15, 0.2) is 15.9 Å². The minimum atomic E-state index is -1.35. The molecule has 1 aromatic heterocycles. The van der Waals surface area contributed by atoms with Gasteiger partial charge in [-0.2, -0.15) is 11.3 Å².